The van der Waals surface area contributed by atoms with Gasteiger partial charge in [-0.05, 0) is 22.4 Å². The first-order chi connectivity index (χ1) is 7.56. The average Bonchev–Trinajstić information content (AvgIpc) is 2.64. The summed E-state index contributed by atoms with van der Waals surface area (Å²) >= 11 is 3.25. The Hall–Kier alpha value is -1.37. The number of amides is 1. The van der Waals surface area contributed by atoms with Gasteiger partial charge < -0.3 is 16.4 Å². The molecule has 1 saturated heterocycles. The van der Waals surface area contributed by atoms with Crippen LogP contribution in [0.2, 0.25) is 0 Å². The van der Waals surface area contributed by atoms with Gasteiger partial charge in [0.2, 0.25) is 11.9 Å². The number of nitrogens with zero attached hydrogens (tertiary/aromatic N) is 3. The molecule has 0 spiro atoms. The van der Waals surface area contributed by atoms with E-state index < -0.39 is 0 Å². The Morgan fingerprint density at radius 3 is 2.88 bits per heavy atom. The van der Waals surface area contributed by atoms with Crippen LogP contribution in [-0.2, 0) is 4.79 Å². The van der Waals surface area contributed by atoms with Gasteiger partial charge in [0.1, 0.15) is 10.4 Å². The van der Waals surface area contributed by atoms with Crippen LogP contribution < -0.4 is 16.4 Å². The quantitative estimate of drug-likeness (QED) is 0.753. The molecule has 2 rings (SSSR count). The number of carbonyl (C=O) groups is 1. The molecule has 2 heterocycles. The summed E-state index contributed by atoms with van der Waals surface area (Å²) in [5.74, 6) is 0.546. The van der Waals surface area contributed by atoms with Crippen molar-refractivity contribution < 1.29 is 4.79 Å². The maximum absolute atomic E-state index is 11.0. The summed E-state index contributed by atoms with van der Waals surface area (Å²) in [7, 11) is 0. The number of nitrogen functional groups attached to an aromatic ring is 1. The molecule has 16 heavy (non-hydrogen) atoms. The van der Waals surface area contributed by atoms with Crippen LogP contribution in [0.1, 0.15) is 6.42 Å². The molecule has 0 radical (unpaired) electrons. The van der Waals surface area contributed by atoms with E-state index >= 15 is 0 Å². The van der Waals surface area contributed by atoms with E-state index in [0.29, 0.717) is 22.9 Å². The molecular weight excluding hydrogens is 274 g/mol. The normalized spacial score (nSPS) is 20.1. The summed E-state index contributed by atoms with van der Waals surface area (Å²) in [5.41, 5.74) is 10.9. The van der Waals surface area contributed by atoms with Crippen molar-refractivity contribution >= 4 is 33.6 Å². The topological polar surface area (TPSA) is 98.1 Å². The van der Waals surface area contributed by atoms with Crippen LogP contribution in [0, 0.1) is 5.92 Å². The van der Waals surface area contributed by atoms with E-state index in [2.05, 4.69) is 25.9 Å². The number of hydrogen-bond acceptors (Lipinski definition) is 5. The van der Waals surface area contributed by atoms with Crippen LogP contribution in [0.15, 0.2) is 10.7 Å². The number of halogens is 1. The van der Waals surface area contributed by atoms with E-state index in [-0.39, 0.29) is 11.8 Å². The zero-order valence-corrected chi connectivity index (χ0v) is 10.1. The molecule has 1 fully saturated rings. The third-order valence-electron chi connectivity index (χ3n) is 2.58. The molecule has 0 saturated carbocycles. The second kappa shape index (κ2) is 4.25. The zero-order valence-electron chi connectivity index (χ0n) is 8.56. The van der Waals surface area contributed by atoms with Crippen molar-refractivity contribution in [1.29, 1.82) is 0 Å². The number of nitrogens with two attached hydrogens (primary N) is 2. The average molecular weight is 286 g/mol. The predicted octanol–water partition coefficient (Wildman–Crippen LogP) is 0.133. The zero-order chi connectivity index (χ0) is 11.7. The maximum atomic E-state index is 11.0. The molecule has 1 aliphatic heterocycles. The predicted molar refractivity (Wildman–Crippen MR) is 63.7 cm³/mol. The first-order valence-corrected chi connectivity index (χ1v) is 5.70. The van der Waals surface area contributed by atoms with Gasteiger partial charge in [0, 0.05) is 19.2 Å². The van der Waals surface area contributed by atoms with Crippen molar-refractivity contribution in [1.82, 2.24) is 9.97 Å². The molecule has 1 amide bonds. The smallest absolute Gasteiger partial charge is 0.228 e. The molecule has 7 heteroatoms. The van der Waals surface area contributed by atoms with Crippen molar-refractivity contribution in [3.63, 3.8) is 0 Å². The highest BCUT2D eigenvalue weighted by Gasteiger charge is 2.28. The minimum Gasteiger partial charge on any atom is -0.383 e. The summed E-state index contributed by atoms with van der Waals surface area (Å²) in [6.45, 7) is 1.29. The third-order valence-corrected chi connectivity index (χ3v) is 2.98. The Morgan fingerprint density at radius 2 is 2.31 bits per heavy atom. The number of carbonyl (C=O) groups excluding carboxylic acids is 1. The molecule has 4 N–H and O–H groups in total. The van der Waals surface area contributed by atoms with Crippen molar-refractivity contribution in [3.8, 4) is 0 Å². The minimum absolute atomic E-state index is 0.121. The monoisotopic (exact) mass is 285 g/mol. The molecule has 1 aromatic heterocycles. The minimum atomic E-state index is -0.273. The molecule has 1 atom stereocenters. The highest BCUT2D eigenvalue weighted by molar-refractivity contribution is 9.10. The lowest BCUT2D eigenvalue weighted by molar-refractivity contribution is -0.121. The van der Waals surface area contributed by atoms with Gasteiger partial charge in [-0.1, -0.05) is 0 Å². The standard InChI is InChI=1S/C9H12BrN5O/c10-6-3-7(11)14-9(13-6)15-2-1-5(4-15)8(12)16/h3,5H,1-2,4H2,(H2,12,16)(H2,11,13,14). The fourth-order valence-corrected chi connectivity index (χ4v) is 2.13. The Bertz CT molecular complexity index is 404. The molecule has 1 aromatic rings. The van der Waals surface area contributed by atoms with Crippen molar-refractivity contribution in [2.45, 2.75) is 6.42 Å². The second-order valence-corrected chi connectivity index (χ2v) is 4.56. The molecular formula is C9H12BrN5O. The summed E-state index contributed by atoms with van der Waals surface area (Å²) < 4.78 is 0.637. The van der Waals surface area contributed by atoms with Gasteiger partial charge in [0.25, 0.3) is 0 Å². The number of hydrogen-bond donors (Lipinski definition) is 2. The van der Waals surface area contributed by atoms with Gasteiger partial charge in [0.15, 0.2) is 0 Å². The highest BCUT2D eigenvalue weighted by Crippen LogP contribution is 2.22. The summed E-state index contributed by atoms with van der Waals surface area (Å²) in [6, 6.07) is 1.63. The van der Waals surface area contributed by atoms with Gasteiger partial charge in [-0.3, -0.25) is 4.79 Å². The maximum Gasteiger partial charge on any atom is 0.228 e. The fraction of sp³-hybridized carbons (Fsp3) is 0.444. The summed E-state index contributed by atoms with van der Waals surface area (Å²) in [5, 5.41) is 0. The number of anilines is 2. The van der Waals surface area contributed by atoms with E-state index in [1.807, 2.05) is 4.90 Å². The molecule has 1 aliphatic rings. The lowest BCUT2D eigenvalue weighted by Crippen LogP contribution is -2.28. The first kappa shape index (κ1) is 11.1. The lowest BCUT2D eigenvalue weighted by Gasteiger charge is -2.15. The molecule has 0 bridgehead atoms. The van der Waals surface area contributed by atoms with Crippen molar-refractivity contribution in [3.05, 3.63) is 10.7 Å². The molecule has 6 nitrogen and oxygen atoms in total. The first-order valence-electron chi connectivity index (χ1n) is 4.90. The van der Waals surface area contributed by atoms with E-state index in [9.17, 15) is 4.79 Å². The Morgan fingerprint density at radius 1 is 1.56 bits per heavy atom. The lowest BCUT2D eigenvalue weighted by atomic mass is 10.1. The fourth-order valence-electron chi connectivity index (χ4n) is 1.74. The molecule has 0 aromatic carbocycles. The van der Waals surface area contributed by atoms with Crippen molar-refractivity contribution in [2.24, 2.45) is 11.7 Å². The van der Waals surface area contributed by atoms with Gasteiger partial charge >= 0.3 is 0 Å². The Labute approximate surface area is 101 Å². The van der Waals surface area contributed by atoms with Crippen LogP contribution in [0.5, 0.6) is 0 Å². The van der Waals surface area contributed by atoms with E-state index in [1.54, 1.807) is 6.07 Å². The number of rotatable bonds is 2. The van der Waals surface area contributed by atoms with E-state index in [0.717, 1.165) is 13.0 Å². The highest BCUT2D eigenvalue weighted by atomic mass is 79.9. The van der Waals surface area contributed by atoms with Gasteiger partial charge in [-0.2, -0.15) is 4.98 Å². The van der Waals surface area contributed by atoms with Crippen LogP contribution in [0.3, 0.4) is 0 Å². The SMILES string of the molecule is NC(=O)C1CCN(c2nc(N)cc(Br)n2)C1. The molecule has 86 valence electrons. The van der Waals surface area contributed by atoms with E-state index in [1.165, 1.54) is 0 Å². The number of primary amides is 1. The Balaban J connectivity index is 2.17. The third kappa shape index (κ3) is 2.24. The van der Waals surface area contributed by atoms with E-state index in [4.69, 9.17) is 11.5 Å². The van der Waals surface area contributed by atoms with Crippen LogP contribution in [0.4, 0.5) is 11.8 Å². The second-order valence-electron chi connectivity index (χ2n) is 3.75. The van der Waals surface area contributed by atoms with Crippen LogP contribution in [0.25, 0.3) is 0 Å². The van der Waals surface area contributed by atoms with Crippen molar-refractivity contribution in [2.75, 3.05) is 23.7 Å². The van der Waals surface area contributed by atoms with Crippen LogP contribution >= 0.6 is 15.9 Å². The molecule has 1 unspecified atom stereocenters. The summed E-state index contributed by atoms with van der Waals surface area (Å²) in [4.78, 5) is 21.3. The Kier molecular flexibility index (Phi) is 2.95. The summed E-state index contributed by atoms with van der Waals surface area (Å²) in [6.07, 6.45) is 0.741. The van der Waals surface area contributed by atoms with Crippen LogP contribution in [-0.4, -0.2) is 29.0 Å². The van der Waals surface area contributed by atoms with Gasteiger partial charge in [0.05, 0.1) is 5.92 Å². The van der Waals surface area contributed by atoms with Gasteiger partial charge in [-0.25, -0.2) is 4.98 Å². The number of aromatic nitrogens is 2. The molecule has 0 aliphatic carbocycles. The largest absolute Gasteiger partial charge is 0.383 e. The van der Waals surface area contributed by atoms with Gasteiger partial charge in [-0.15, -0.1) is 0 Å².